The molecule has 32 heavy (non-hydrogen) atoms. The van der Waals surface area contributed by atoms with Crippen LogP contribution in [0.5, 0.6) is 0 Å². The minimum atomic E-state index is -0.216. The first kappa shape index (κ1) is 19.9. The Bertz CT molecular complexity index is 1370. The number of benzene rings is 2. The monoisotopic (exact) mass is 425 g/mol. The molecule has 1 N–H and O–H groups in total. The van der Waals surface area contributed by atoms with E-state index in [1.165, 1.54) is 0 Å². The molecule has 0 saturated heterocycles. The van der Waals surface area contributed by atoms with Gasteiger partial charge in [-0.25, -0.2) is 4.98 Å². The zero-order valence-corrected chi connectivity index (χ0v) is 18.2. The Labute approximate surface area is 185 Å². The smallest absolute Gasteiger partial charge is 0.256 e. The largest absolute Gasteiger partial charge is 0.322 e. The third-order valence-corrected chi connectivity index (χ3v) is 5.90. The van der Waals surface area contributed by atoms with Crippen molar-refractivity contribution in [3.05, 3.63) is 71.4 Å². The number of hydrogen-bond acceptors (Lipinski definition) is 4. The molecule has 0 spiro atoms. The Morgan fingerprint density at radius 1 is 1.06 bits per heavy atom. The number of amides is 2. The summed E-state index contributed by atoms with van der Waals surface area (Å²) in [6.07, 6.45) is 0.776. The van der Waals surface area contributed by atoms with Gasteiger partial charge in [0.1, 0.15) is 0 Å². The van der Waals surface area contributed by atoms with E-state index in [1.54, 1.807) is 16.5 Å². The molecule has 0 atom stereocenters. The van der Waals surface area contributed by atoms with E-state index in [2.05, 4.69) is 10.4 Å². The van der Waals surface area contributed by atoms with Crippen LogP contribution >= 0.6 is 0 Å². The zero-order valence-electron chi connectivity index (χ0n) is 18.2. The zero-order chi connectivity index (χ0) is 22.4. The molecule has 3 heterocycles. The van der Waals surface area contributed by atoms with Gasteiger partial charge in [0.15, 0.2) is 5.65 Å². The average molecular weight is 425 g/mol. The van der Waals surface area contributed by atoms with Crippen molar-refractivity contribution in [2.75, 3.05) is 16.8 Å². The van der Waals surface area contributed by atoms with Crippen LogP contribution in [-0.2, 0) is 18.3 Å². The summed E-state index contributed by atoms with van der Waals surface area (Å²) in [5.41, 5.74) is 6.28. The number of carbonyl (C=O) groups excluding carboxylic acids is 2. The molecule has 0 bridgehead atoms. The van der Waals surface area contributed by atoms with Crippen molar-refractivity contribution >= 4 is 34.2 Å². The lowest BCUT2D eigenvalue weighted by atomic mass is 10.0. The van der Waals surface area contributed by atoms with Crippen LogP contribution < -0.4 is 10.2 Å². The molecular formula is C25H23N5O2. The van der Waals surface area contributed by atoms with Crippen LogP contribution in [-0.4, -0.2) is 33.1 Å². The van der Waals surface area contributed by atoms with Crippen molar-refractivity contribution < 1.29 is 9.59 Å². The van der Waals surface area contributed by atoms with Gasteiger partial charge >= 0.3 is 0 Å². The number of anilines is 2. The predicted octanol–water partition coefficient (Wildman–Crippen LogP) is 4.11. The third-order valence-electron chi connectivity index (χ3n) is 5.90. The summed E-state index contributed by atoms with van der Waals surface area (Å²) in [5, 5.41) is 8.26. The first-order chi connectivity index (χ1) is 15.4. The Hall–Kier alpha value is -4.00. The summed E-state index contributed by atoms with van der Waals surface area (Å²) in [6, 6.07) is 17.3. The fourth-order valence-electron chi connectivity index (χ4n) is 4.39. The minimum Gasteiger partial charge on any atom is -0.322 e. The van der Waals surface area contributed by atoms with E-state index < -0.39 is 0 Å². The molecule has 4 aromatic rings. The van der Waals surface area contributed by atoms with Gasteiger partial charge in [0.05, 0.1) is 22.3 Å². The number of hydrogen-bond donors (Lipinski definition) is 1. The molecule has 2 aromatic heterocycles. The van der Waals surface area contributed by atoms with E-state index in [9.17, 15) is 9.59 Å². The maximum atomic E-state index is 13.4. The summed E-state index contributed by atoms with van der Waals surface area (Å²) in [5.74, 6) is -0.188. The van der Waals surface area contributed by atoms with E-state index in [0.717, 1.165) is 40.0 Å². The van der Waals surface area contributed by atoms with Crippen molar-refractivity contribution in [1.82, 2.24) is 14.8 Å². The van der Waals surface area contributed by atoms with Crippen LogP contribution in [0.15, 0.2) is 54.6 Å². The molecule has 0 fully saturated rings. The van der Waals surface area contributed by atoms with Crippen molar-refractivity contribution in [1.29, 1.82) is 0 Å². The fraction of sp³-hybridized carbons (Fsp3) is 0.200. The van der Waals surface area contributed by atoms with E-state index in [0.29, 0.717) is 23.4 Å². The molecule has 7 heteroatoms. The van der Waals surface area contributed by atoms with Gasteiger partial charge in [-0.3, -0.25) is 14.3 Å². The molecular weight excluding hydrogens is 402 g/mol. The highest BCUT2D eigenvalue weighted by atomic mass is 16.2. The molecule has 0 radical (unpaired) electrons. The van der Waals surface area contributed by atoms with Crippen LogP contribution in [0.2, 0.25) is 0 Å². The molecule has 0 unspecified atom stereocenters. The lowest BCUT2D eigenvalue weighted by molar-refractivity contribution is -0.116. The molecule has 160 valence electrons. The lowest BCUT2D eigenvalue weighted by Crippen LogP contribution is -2.25. The Morgan fingerprint density at radius 2 is 1.84 bits per heavy atom. The van der Waals surface area contributed by atoms with Crippen molar-refractivity contribution in [3.63, 3.8) is 0 Å². The quantitative estimate of drug-likeness (QED) is 0.536. The summed E-state index contributed by atoms with van der Waals surface area (Å²) >= 11 is 0. The van der Waals surface area contributed by atoms with E-state index in [1.807, 2.05) is 68.6 Å². The molecule has 1 aliphatic rings. The second-order valence-electron chi connectivity index (χ2n) is 8.05. The van der Waals surface area contributed by atoms with Crippen LogP contribution in [0, 0.1) is 6.92 Å². The highest BCUT2D eigenvalue weighted by Gasteiger charge is 2.23. The second kappa shape index (κ2) is 7.60. The van der Waals surface area contributed by atoms with Crippen molar-refractivity contribution in [2.45, 2.75) is 20.3 Å². The minimum absolute atomic E-state index is 0.0280. The predicted molar refractivity (Wildman–Crippen MR) is 125 cm³/mol. The number of aromatic nitrogens is 3. The molecule has 7 nitrogen and oxygen atoms in total. The molecule has 0 aliphatic carbocycles. The van der Waals surface area contributed by atoms with Crippen molar-refractivity contribution in [3.8, 4) is 11.3 Å². The Morgan fingerprint density at radius 3 is 2.59 bits per heavy atom. The van der Waals surface area contributed by atoms with Gasteiger partial charge in [0.25, 0.3) is 5.91 Å². The van der Waals surface area contributed by atoms with Gasteiger partial charge in [-0.2, -0.15) is 5.10 Å². The number of rotatable bonds is 3. The number of fused-ring (bicyclic) bond motifs is 2. The number of carbonyl (C=O) groups is 2. The van der Waals surface area contributed by atoms with Gasteiger partial charge in [-0.15, -0.1) is 0 Å². The van der Waals surface area contributed by atoms with E-state index >= 15 is 0 Å². The van der Waals surface area contributed by atoms with Gasteiger partial charge < -0.3 is 10.2 Å². The lowest BCUT2D eigenvalue weighted by Gasteiger charge is -2.15. The first-order valence-electron chi connectivity index (χ1n) is 10.5. The number of pyridine rings is 1. The molecule has 5 rings (SSSR count). The molecule has 1 aliphatic heterocycles. The molecule has 2 amide bonds. The summed E-state index contributed by atoms with van der Waals surface area (Å²) in [7, 11) is 1.83. The summed E-state index contributed by atoms with van der Waals surface area (Å²) in [4.78, 5) is 31.7. The maximum absolute atomic E-state index is 13.4. The third kappa shape index (κ3) is 3.32. The highest BCUT2D eigenvalue weighted by Crippen LogP contribution is 2.32. The normalized spacial score (nSPS) is 12.8. The van der Waals surface area contributed by atoms with Gasteiger partial charge in [-0.05, 0) is 43.2 Å². The van der Waals surface area contributed by atoms with E-state index in [-0.39, 0.29) is 11.8 Å². The molecule has 2 aromatic carbocycles. The average Bonchev–Trinajstić information content (AvgIpc) is 3.34. The first-order valence-corrected chi connectivity index (χ1v) is 10.5. The van der Waals surface area contributed by atoms with Crippen molar-refractivity contribution in [2.24, 2.45) is 7.05 Å². The van der Waals surface area contributed by atoms with Crippen LogP contribution in [0.1, 0.15) is 28.5 Å². The SMILES string of the molecule is CC(=O)N1CCc2cc(NC(=O)c3cc(-c4ccccc4)nc4c3c(C)nn4C)ccc21. The molecule has 0 saturated carbocycles. The summed E-state index contributed by atoms with van der Waals surface area (Å²) in [6.45, 7) is 4.12. The van der Waals surface area contributed by atoms with Gasteiger partial charge in [-0.1, -0.05) is 30.3 Å². The second-order valence-corrected chi connectivity index (χ2v) is 8.05. The number of nitrogens with zero attached hydrogens (tertiary/aromatic N) is 4. The van der Waals surface area contributed by atoms with Crippen LogP contribution in [0.4, 0.5) is 11.4 Å². The fourth-order valence-corrected chi connectivity index (χ4v) is 4.39. The van der Waals surface area contributed by atoms with Gasteiger partial charge in [0.2, 0.25) is 5.91 Å². The van der Waals surface area contributed by atoms with Crippen LogP contribution in [0.3, 0.4) is 0 Å². The van der Waals surface area contributed by atoms with E-state index in [4.69, 9.17) is 4.98 Å². The Kier molecular flexibility index (Phi) is 4.74. The topological polar surface area (TPSA) is 80.1 Å². The summed E-state index contributed by atoms with van der Waals surface area (Å²) < 4.78 is 1.71. The van der Waals surface area contributed by atoms with Crippen LogP contribution in [0.25, 0.3) is 22.3 Å². The van der Waals surface area contributed by atoms with Gasteiger partial charge in [0, 0.05) is 37.5 Å². The number of nitrogens with one attached hydrogen (secondary N) is 1. The number of aryl methyl sites for hydroxylation is 2. The maximum Gasteiger partial charge on any atom is 0.256 e. The Balaban J connectivity index is 1.54. The highest BCUT2D eigenvalue weighted by molar-refractivity contribution is 6.13. The standard InChI is InChI=1S/C25H23N5O2/c1-15-23-20(14-21(17-7-5-4-6-8-17)27-24(23)29(3)28-15)25(32)26-19-9-10-22-18(13-19)11-12-30(22)16(2)31/h4-10,13-14H,11-12H2,1-3H3,(H,26,32).